The third-order valence-corrected chi connectivity index (χ3v) is 7.27. The van der Waals surface area contributed by atoms with Crippen molar-refractivity contribution in [2.75, 3.05) is 19.6 Å². The molecule has 1 aromatic carbocycles. The molecule has 0 radical (unpaired) electrons. The van der Waals surface area contributed by atoms with Gasteiger partial charge in [-0.15, -0.1) is 4.40 Å². The Kier molecular flexibility index (Phi) is 7.01. The van der Waals surface area contributed by atoms with Crippen molar-refractivity contribution in [3.63, 3.8) is 0 Å². The minimum absolute atomic E-state index is 0.0161. The second-order valence-electron chi connectivity index (χ2n) is 8.65. The summed E-state index contributed by atoms with van der Waals surface area (Å²) < 4.78 is 29.9. The third kappa shape index (κ3) is 4.94. The maximum absolute atomic E-state index is 12.9. The Morgan fingerprint density at radius 2 is 1.83 bits per heavy atom. The number of carbonyl (C=O) groups excluding carboxylic acids is 1. The zero-order valence-corrected chi connectivity index (χ0v) is 19.3. The molecular weight excluding hydrogens is 398 g/mol. The van der Waals surface area contributed by atoms with Gasteiger partial charge in [-0.2, -0.15) is 8.42 Å². The van der Waals surface area contributed by atoms with Gasteiger partial charge in [0.2, 0.25) is 5.91 Å². The molecule has 30 heavy (non-hydrogen) atoms. The lowest BCUT2D eigenvalue weighted by Gasteiger charge is -2.33. The summed E-state index contributed by atoms with van der Waals surface area (Å²) in [5, 5.41) is 3.04. The van der Waals surface area contributed by atoms with E-state index in [1.165, 1.54) is 0 Å². The van der Waals surface area contributed by atoms with E-state index < -0.39 is 10.0 Å². The summed E-state index contributed by atoms with van der Waals surface area (Å²) in [6, 6.07) is 7.55. The van der Waals surface area contributed by atoms with Crippen molar-refractivity contribution in [1.29, 1.82) is 0 Å². The maximum atomic E-state index is 12.9. The van der Waals surface area contributed by atoms with Crippen molar-refractivity contribution in [2.45, 2.75) is 53.4 Å². The molecule has 1 fully saturated rings. The van der Waals surface area contributed by atoms with Gasteiger partial charge in [-0.05, 0) is 44.1 Å². The first kappa shape index (κ1) is 22.5. The van der Waals surface area contributed by atoms with Gasteiger partial charge in [-0.1, -0.05) is 50.6 Å². The van der Waals surface area contributed by atoms with E-state index in [4.69, 9.17) is 0 Å². The summed E-state index contributed by atoms with van der Waals surface area (Å²) in [5.41, 5.74) is 2.55. The summed E-state index contributed by atoms with van der Waals surface area (Å²) in [6.45, 7) is 10.2. The van der Waals surface area contributed by atoms with Crippen LogP contribution in [0.5, 0.6) is 0 Å². The normalized spacial score (nSPS) is 19.4. The quantitative estimate of drug-likeness (QED) is 0.744. The Bertz CT molecular complexity index is 938. The summed E-state index contributed by atoms with van der Waals surface area (Å²) >= 11 is 0. The topological polar surface area (TPSA) is 78.8 Å². The van der Waals surface area contributed by atoms with E-state index >= 15 is 0 Å². The Balaban J connectivity index is 1.72. The molecule has 164 valence electrons. The van der Waals surface area contributed by atoms with E-state index in [0.717, 1.165) is 17.6 Å². The molecule has 0 aliphatic carbocycles. The molecule has 0 spiro atoms. The summed E-state index contributed by atoms with van der Waals surface area (Å²) in [7, 11) is -3.72. The number of benzene rings is 1. The fourth-order valence-corrected chi connectivity index (χ4v) is 5.57. The highest BCUT2D eigenvalue weighted by Crippen LogP contribution is 2.36. The van der Waals surface area contributed by atoms with E-state index in [9.17, 15) is 13.2 Å². The molecule has 0 saturated carbocycles. The maximum Gasteiger partial charge on any atom is 0.285 e. The van der Waals surface area contributed by atoms with Crippen LogP contribution in [0.4, 0.5) is 0 Å². The molecule has 2 heterocycles. The predicted molar refractivity (Wildman–Crippen MR) is 122 cm³/mol. The molecule has 0 atom stereocenters. The van der Waals surface area contributed by atoms with E-state index in [2.05, 4.69) is 23.6 Å². The van der Waals surface area contributed by atoms with E-state index in [1.807, 2.05) is 43.0 Å². The molecule has 0 bridgehead atoms. The number of sulfonamides is 1. The van der Waals surface area contributed by atoms with Crippen LogP contribution >= 0.6 is 0 Å². The lowest BCUT2D eigenvalue weighted by Crippen LogP contribution is -2.43. The Morgan fingerprint density at radius 1 is 1.20 bits per heavy atom. The molecule has 1 N–H and O–H groups in total. The molecule has 0 aromatic heterocycles. The smallest absolute Gasteiger partial charge is 0.285 e. The van der Waals surface area contributed by atoms with Crippen molar-refractivity contribution in [3.05, 3.63) is 41.0 Å². The number of carbonyl (C=O) groups is 1. The predicted octanol–water partition coefficient (Wildman–Crippen LogP) is 3.73. The van der Waals surface area contributed by atoms with Crippen molar-refractivity contribution in [2.24, 2.45) is 16.2 Å². The largest absolute Gasteiger partial charge is 0.356 e. The molecule has 6 nitrogen and oxygen atoms in total. The van der Waals surface area contributed by atoms with Gasteiger partial charge in [0.15, 0.2) is 0 Å². The summed E-state index contributed by atoms with van der Waals surface area (Å²) in [4.78, 5) is 14.8. The fourth-order valence-electron chi connectivity index (χ4n) is 4.05. The highest BCUT2D eigenvalue weighted by Gasteiger charge is 2.36. The van der Waals surface area contributed by atoms with Gasteiger partial charge in [0.05, 0.1) is 0 Å². The standard InChI is InChI=1S/C23H33N3O3S/c1-5-20-21(18-8-6-17(4)7-9-18)30(28,29)25-22(20)26-14-11-19(12-15-26)23(27)24-13-10-16(2)3/h6-9,16,19H,5,10-15H2,1-4H3,(H,24,27). The number of amidine groups is 1. The van der Waals surface area contributed by atoms with E-state index in [-0.39, 0.29) is 11.8 Å². The molecule has 2 aliphatic heterocycles. The van der Waals surface area contributed by atoms with Gasteiger partial charge in [-0.25, -0.2) is 0 Å². The first-order valence-electron chi connectivity index (χ1n) is 10.9. The second kappa shape index (κ2) is 9.33. The summed E-state index contributed by atoms with van der Waals surface area (Å²) in [5.74, 6) is 1.23. The number of piperidine rings is 1. The van der Waals surface area contributed by atoms with Gasteiger partial charge in [0.1, 0.15) is 10.7 Å². The molecule has 1 saturated heterocycles. The van der Waals surface area contributed by atoms with Crippen molar-refractivity contribution in [3.8, 4) is 0 Å². The number of aryl methyl sites for hydroxylation is 1. The minimum atomic E-state index is -3.72. The molecule has 3 rings (SSSR count). The molecule has 0 unspecified atom stereocenters. The third-order valence-electron chi connectivity index (χ3n) is 5.86. The van der Waals surface area contributed by atoms with Crippen molar-refractivity contribution < 1.29 is 13.2 Å². The number of rotatable bonds is 6. The van der Waals surface area contributed by atoms with Crippen LogP contribution in [0.3, 0.4) is 0 Å². The molecule has 1 amide bonds. The van der Waals surface area contributed by atoms with Crippen molar-refractivity contribution in [1.82, 2.24) is 10.2 Å². The lowest BCUT2D eigenvalue weighted by molar-refractivity contribution is -0.126. The van der Waals surface area contributed by atoms with Crippen LogP contribution in [-0.4, -0.2) is 44.7 Å². The van der Waals surface area contributed by atoms with Crippen LogP contribution in [0.25, 0.3) is 4.91 Å². The zero-order chi connectivity index (χ0) is 21.9. The van der Waals surface area contributed by atoms with Gasteiger partial charge in [-0.3, -0.25) is 4.79 Å². The SMILES string of the molecule is CCC1=C(c2ccc(C)cc2)S(=O)(=O)N=C1N1CCC(C(=O)NCCC(C)C)CC1. The number of hydrogen-bond donors (Lipinski definition) is 1. The van der Waals surface area contributed by atoms with Crippen LogP contribution in [0.15, 0.2) is 34.2 Å². The van der Waals surface area contributed by atoms with Crippen LogP contribution in [0.1, 0.15) is 57.6 Å². The first-order valence-corrected chi connectivity index (χ1v) is 12.3. The number of nitrogens with one attached hydrogen (secondary N) is 1. The van der Waals surface area contributed by atoms with Gasteiger partial charge >= 0.3 is 0 Å². The molecule has 1 aromatic rings. The van der Waals surface area contributed by atoms with Gasteiger partial charge in [0, 0.05) is 31.1 Å². The van der Waals surface area contributed by atoms with Crippen LogP contribution in [-0.2, 0) is 14.8 Å². The van der Waals surface area contributed by atoms with Gasteiger partial charge in [0.25, 0.3) is 10.0 Å². The highest BCUT2D eigenvalue weighted by atomic mass is 32.2. The highest BCUT2D eigenvalue weighted by molar-refractivity contribution is 8.00. The average molecular weight is 432 g/mol. The van der Waals surface area contributed by atoms with E-state index in [1.54, 1.807) is 0 Å². The second-order valence-corrected chi connectivity index (χ2v) is 10.2. The zero-order valence-electron chi connectivity index (χ0n) is 18.4. The number of amides is 1. The number of nitrogens with zero attached hydrogens (tertiary/aromatic N) is 2. The lowest BCUT2D eigenvalue weighted by atomic mass is 9.94. The fraction of sp³-hybridized carbons (Fsp3) is 0.565. The molecular formula is C23H33N3O3S. The summed E-state index contributed by atoms with van der Waals surface area (Å²) in [6.07, 6.45) is 3.00. The Labute approximate surface area is 180 Å². The first-order chi connectivity index (χ1) is 14.2. The molecule has 2 aliphatic rings. The van der Waals surface area contributed by atoms with E-state index in [0.29, 0.717) is 61.1 Å². The minimum Gasteiger partial charge on any atom is -0.356 e. The molecule has 7 heteroatoms. The van der Waals surface area contributed by atoms with Crippen LogP contribution < -0.4 is 5.32 Å². The van der Waals surface area contributed by atoms with Crippen molar-refractivity contribution >= 4 is 26.7 Å². The van der Waals surface area contributed by atoms with Crippen LogP contribution in [0, 0.1) is 18.8 Å². The average Bonchev–Trinajstić information content (AvgIpc) is 2.99. The van der Waals surface area contributed by atoms with Gasteiger partial charge < -0.3 is 10.2 Å². The Morgan fingerprint density at radius 3 is 2.40 bits per heavy atom. The monoisotopic (exact) mass is 431 g/mol. The van der Waals surface area contributed by atoms with Crippen LogP contribution in [0.2, 0.25) is 0 Å². The Hall–Kier alpha value is -2.15. The number of likely N-dealkylation sites (tertiary alicyclic amines) is 1. The number of hydrogen-bond acceptors (Lipinski definition) is 4.